The summed E-state index contributed by atoms with van der Waals surface area (Å²) in [6, 6.07) is 1.52. The SMILES string of the molecule is Cc1[nH]c(=O)c(C(=O)NCCn2cnnc2C)cc1Br. The summed E-state index contributed by atoms with van der Waals surface area (Å²) in [7, 11) is 0. The molecule has 2 aromatic rings. The van der Waals surface area contributed by atoms with Crippen LogP contribution < -0.4 is 10.9 Å². The number of aryl methyl sites for hydroxylation is 2. The molecule has 1 amide bonds. The van der Waals surface area contributed by atoms with Crippen molar-refractivity contribution in [2.24, 2.45) is 0 Å². The molecular formula is C12H14BrN5O2. The van der Waals surface area contributed by atoms with E-state index in [2.05, 4.69) is 36.4 Å². The number of nitrogens with zero attached hydrogens (tertiary/aromatic N) is 3. The molecule has 0 aliphatic heterocycles. The molecule has 2 aromatic heterocycles. The van der Waals surface area contributed by atoms with Crippen LogP contribution in [0.4, 0.5) is 0 Å². The van der Waals surface area contributed by atoms with Gasteiger partial charge in [0.05, 0.1) is 0 Å². The van der Waals surface area contributed by atoms with Crippen molar-refractivity contribution in [3.63, 3.8) is 0 Å². The molecule has 106 valence electrons. The van der Waals surface area contributed by atoms with Crippen molar-refractivity contribution in [1.29, 1.82) is 0 Å². The number of halogens is 1. The minimum Gasteiger partial charge on any atom is -0.350 e. The van der Waals surface area contributed by atoms with Gasteiger partial charge in [0.15, 0.2) is 0 Å². The zero-order chi connectivity index (χ0) is 14.7. The molecule has 20 heavy (non-hydrogen) atoms. The number of aromatic nitrogens is 4. The van der Waals surface area contributed by atoms with Gasteiger partial charge in [-0.2, -0.15) is 0 Å². The quantitative estimate of drug-likeness (QED) is 0.860. The van der Waals surface area contributed by atoms with Crippen LogP contribution in [0.25, 0.3) is 0 Å². The third kappa shape index (κ3) is 3.13. The van der Waals surface area contributed by atoms with Crippen LogP contribution in [0.2, 0.25) is 0 Å². The van der Waals surface area contributed by atoms with Crippen LogP contribution in [0.15, 0.2) is 21.7 Å². The molecule has 2 rings (SSSR count). The molecule has 0 saturated carbocycles. The van der Waals surface area contributed by atoms with Gasteiger partial charge in [0.1, 0.15) is 17.7 Å². The summed E-state index contributed by atoms with van der Waals surface area (Å²) < 4.78 is 2.51. The van der Waals surface area contributed by atoms with E-state index in [-0.39, 0.29) is 5.56 Å². The van der Waals surface area contributed by atoms with E-state index in [1.165, 1.54) is 6.07 Å². The van der Waals surface area contributed by atoms with E-state index >= 15 is 0 Å². The maximum absolute atomic E-state index is 11.9. The molecule has 0 aliphatic rings. The van der Waals surface area contributed by atoms with Crippen molar-refractivity contribution in [3.8, 4) is 0 Å². The minimum absolute atomic E-state index is 0.0861. The van der Waals surface area contributed by atoms with E-state index < -0.39 is 11.5 Å². The van der Waals surface area contributed by atoms with Gasteiger partial charge in [-0.3, -0.25) is 9.59 Å². The van der Waals surface area contributed by atoms with Crippen LogP contribution in [-0.2, 0) is 6.54 Å². The highest BCUT2D eigenvalue weighted by atomic mass is 79.9. The number of hydrogen-bond donors (Lipinski definition) is 2. The first-order valence-corrected chi connectivity index (χ1v) is 6.80. The second-order valence-corrected chi connectivity index (χ2v) is 5.17. The predicted molar refractivity (Wildman–Crippen MR) is 76.6 cm³/mol. The molecular weight excluding hydrogens is 326 g/mol. The molecule has 2 N–H and O–H groups in total. The molecule has 0 unspecified atom stereocenters. The number of H-pyrrole nitrogens is 1. The number of pyridine rings is 1. The normalized spacial score (nSPS) is 10.6. The average molecular weight is 340 g/mol. The summed E-state index contributed by atoms with van der Waals surface area (Å²) in [5, 5.41) is 10.3. The molecule has 8 heteroatoms. The number of nitrogens with one attached hydrogen (secondary N) is 2. The van der Waals surface area contributed by atoms with Crippen molar-refractivity contribution in [3.05, 3.63) is 44.3 Å². The zero-order valence-electron chi connectivity index (χ0n) is 11.1. The summed E-state index contributed by atoms with van der Waals surface area (Å²) in [6.07, 6.45) is 1.59. The largest absolute Gasteiger partial charge is 0.350 e. The number of aromatic amines is 1. The van der Waals surface area contributed by atoms with Gasteiger partial charge in [-0.1, -0.05) is 0 Å². The topological polar surface area (TPSA) is 92.7 Å². The van der Waals surface area contributed by atoms with E-state index in [4.69, 9.17) is 0 Å². The number of carbonyl (C=O) groups is 1. The molecule has 0 fully saturated rings. The highest BCUT2D eigenvalue weighted by Crippen LogP contribution is 2.12. The Labute approximate surface area is 123 Å². The van der Waals surface area contributed by atoms with E-state index in [1.807, 2.05) is 11.5 Å². The van der Waals surface area contributed by atoms with Gasteiger partial charge >= 0.3 is 0 Å². The lowest BCUT2D eigenvalue weighted by atomic mass is 10.2. The Balaban J connectivity index is 2.01. The highest BCUT2D eigenvalue weighted by molar-refractivity contribution is 9.10. The van der Waals surface area contributed by atoms with Crippen LogP contribution in [0, 0.1) is 13.8 Å². The Kier molecular flexibility index (Phi) is 4.33. The maximum Gasteiger partial charge on any atom is 0.261 e. The fraction of sp³-hybridized carbons (Fsp3) is 0.333. The van der Waals surface area contributed by atoms with Crippen LogP contribution in [0.3, 0.4) is 0 Å². The molecule has 0 aliphatic carbocycles. The summed E-state index contributed by atoms with van der Waals surface area (Å²) in [4.78, 5) is 26.3. The summed E-state index contributed by atoms with van der Waals surface area (Å²) in [6.45, 7) is 4.52. The third-order valence-electron chi connectivity index (χ3n) is 2.87. The lowest BCUT2D eigenvalue weighted by Crippen LogP contribution is -2.32. The van der Waals surface area contributed by atoms with E-state index in [9.17, 15) is 9.59 Å². The van der Waals surface area contributed by atoms with Crippen LogP contribution >= 0.6 is 15.9 Å². The van der Waals surface area contributed by atoms with Crippen molar-refractivity contribution in [2.75, 3.05) is 6.54 Å². The summed E-state index contributed by atoms with van der Waals surface area (Å²) in [5.41, 5.74) is 0.373. The first-order chi connectivity index (χ1) is 9.49. The molecule has 0 bridgehead atoms. The number of carbonyl (C=O) groups excluding carboxylic acids is 1. The van der Waals surface area contributed by atoms with Crippen molar-refractivity contribution in [2.45, 2.75) is 20.4 Å². The summed E-state index contributed by atoms with van der Waals surface area (Å²) >= 11 is 3.29. The molecule has 7 nitrogen and oxygen atoms in total. The third-order valence-corrected chi connectivity index (χ3v) is 3.69. The minimum atomic E-state index is -0.405. The molecule has 0 radical (unpaired) electrons. The second-order valence-electron chi connectivity index (χ2n) is 4.31. The van der Waals surface area contributed by atoms with E-state index in [0.717, 1.165) is 5.82 Å². The van der Waals surface area contributed by atoms with Gasteiger partial charge in [-0.25, -0.2) is 0 Å². The van der Waals surface area contributed by atoms with Gasteiger partial charge in [0.2, 0.25) is 0 Å². The summed E-state index contributed by atoms with van der Waals surface area (Å²) in [5.74, 6) is 0.368. The molecule has 0 atom stereocenters. The Hall–Kier alpha value is -1.96. The zero-order valence-corrected chi connectivity index (χ0v) is 12.7. The standard InChI is InChI=1S/C12H14BrN5O2/c1-7-10(13)5-9(12(20)16-7)11(19)14-3-4-18-6-15-17-8(18)2/h5-6H,3-4H2,1-2H3,(H,14,19)(H,16,20). The Morgan fingerprint density at radius 3 is 2.90 bits per heavy atom. The lowest BCUT2D eigenvalue weighted by molar-refractivity contribution is 0.0950. The van der Waals surface area contributed by atoms with Gasteiger partial charge in [0, 0.05) is 23.3 Å². The first kappa shape index (κ1) is 14.4. The van der Waals surface area contributed by atoms with E-state index in [0.29, 0.717) is 23.3 Å². The van der Waals surface area contributed by atoms with Gasteiger partial charge in [0.25, 0.3) is 11.5 Å². The van der Waals surface area contributed by atoms with Crippen LogP contribution in [0.5, 0.6) is 0 Å². The van der Waals surface area contributed by atoms with Crippen molar-refractivity contribution < 1.29 is 4.79 Å². The fourth-order valence-electron chi connectivity index (χ4n) is 1.68. The molecule has 0 saturated heterocycles. The predicted octanol–water partition coefficient (Wildman–Crippen LogP) is 0.776. The Morgan fingerprint density at radius 1 is 1.50 bits per heavy atom. The number of amides is 1. The van der Waals surface area contributed by atoms with Gasteiger partial charge in [-0.05, 0) is 35.8 Å². The monoisotopic (exact) mass is 339 g/mol. The average Bonchev–Trinajstić information content (AvgIpc) is 2.79. The number of rotatable bonds is 4. The fourth-order valence-corrected chi connectivity index (χ4v) is 2.01. The molecule has 0 aromatic carbocycles. The highest BCUT2D eigenvalue weighted by Gasteiger charge is 2.12. The second kappa shape index (κ2) is 6.00. The molecule has 2 heterocycles. The van der Waals surface area contributed by atoms with Gasteiger partial charge in [-0.15, -0.1) is 10.2 Å². The van der Waals surface area contributed by atoms with E-state index in [1.54, 1.807) is 13.3 Å². The Morgan fingerprint density at radius 2 is 2.25 bits per heavy atom. The molecule has 0 spiro atoms. The smallest absolute Gasteiger partial charge is 0.261 e. The van der Waals surface area contributed by atoms with Gasteiger partial charge < -0.3 is 14.9 Å². The van der Waals surface area contributed by atoms with Crippen LogP contribution in [-0.4, -0.2) is 32.2 Å². The maximum atomic E-state index is 11.9. The van der Waals surface area contributed by atoms with Crippen molar-refractivity contribution >= 4 is 21.8 Å². The first-order valence-electron chi connectivity index (χ1n) is 6.01. The lowest BCUT2D eigenvalue weighted by Gasteiger charge is -2.07. The number of hydrogen-bond acceptors (Lipinski definition) is 4. The Bertz CT molecular complexity index is 691. The van der Waals surface area contributed by atoms with Crippen LogP contribution in [0.1, 0.15) is 21.9 Å². The van der Waals surface area contributed by atoms with Crippen molar-refractivity contribution in [1.82, 2.24) is 25.1 Å².